The van der Waals surface area contributed by atoms with Crippen LogP contribution in [-0.2, 0) is 4.79 Å². The van der Waals surface area contributed by atoms with E-state index >= 15 is 0 Å². The first-order valence-electron chi connectivity index (χ1n) is 12.7. The van der Waals surface area contributed by atoms with Gasteiger partial charge in [-0.1, -0.05) is 50.8 Å². The highest BCUT2D eigenvalue weighted by Gasteiger charge is 2.32. The predicted molar refractivity (Wildman–Crippen MR) is 143 cm³/mol. The van der Waals surface area contributed by atoms with E-state index in [9.17, 15) is 9.59 Å². The van der Waals surface area contributed by atoms with Crippen molar-refractivity contribution in [2.75, 3.05) is 36.0 Å². The quantitative estimate of drug-likeness (QED) is 0.291. The van der Waals surface area contributed by atoms with Gasteiger partial charge >= 0.3 is 6.03 Å². The number of carbonyl (C=O) groups is 2. The van der Waals surface area contributed by atoms with Crippen molar-refractivity contribution >= 4 is 23.3 Å². The van der Waals surface area contributed by atoms with Crippen LogP contribution >= 0.6 is 0 Å². The molecule has 1 aliphatic rings. The lowest BCUT2D eigenvalue weighted by atomic mass is 9.79. The van der Waals surface area contributed by atoms with Crippen LogP contribution in [-0.4, -0.2) is 43.1 Å². The lowest BCUT2D eigenvalue weighted by molar-refractivity contribution is -0.124. The van der Waals surface area contributed by atoms with Crippen molar-refractivity contribution < 1.29 is 9.59 Å². The molecule has 0 radical (unpaired) electrons. The van der Waals surface area contributed by atoms with Crippen molar-refractivity contribution in [1.82, 2.24) is 10.3 Å². The molecule has 3 amide bonds. The fraction of sp³-hybridized carbons (Fsp3) is 0.429. The fourth-order valence-electron chi connectivity index (χ4n) is 4.74. The molecule has 1 fully saturated rings. The van der Waals surface area contributed by atoms with E-state index in [2.05, 4.69) is 35.9 Å². The minimum absolute atomic E-state index is 0.123. The van der Waals surface area contributed by atoms with Gasteiger partial charge in [-0.2, -0.15) is 0 Å². The molecule has 1 aliphatic heterocycles. The zero-order valence-electron chi connectivity index (χ0n) is 21.0. The molecule has 0 aromatic heterocycles. The summed E-state index contributed by atoms with van der Waals surface area (Å²) in [6.45, 7) is 10.8. The summed E-state index contributed by atoms with van der Waals surface area (Å²) in [7, 11) is 0. The molecule has 1 heterocycles. The van der Waals surface area contributed by atoms with Gasteiger partial charge in [0.25, 0.3) is 0 Å². The van der Waals surface area contributed by atoms with E-state index < -0.39 is 0 Å². The van der Waals surface area contributed by atoms with Crippen LogP contribution in [0.5, 0.6) is 0 Å². The summed E-state index contributed by atoms with van der Waals surface area (Å²) in [5.74, 6) is 6.18. The number of nitrogens with two attached hydrogens (primary N) is 1. The summed E-state index contributed by atoms with van der Waals surface area (Å²) in [6, 6.07) is 17.7. The van der Waals surface area contributed by atoms with Gasteiger partial charge in [-0.25, -0.2) is 10.6 Å². The largest absolute Gasteiger partial charge is 0.372 e. The van der Waals surface area contributed by atoms with Gasteiger partial charge in [-0.15, -0.1) is 0 Å². The second kappa shape index (κ2) is 13.0. The summed E-state index contributed by atoms with van der Waals surface area (Å²) in [5.41, 5.74) is 2.93. The third kappa shape index (κ3) is 6.63. The molecule has 1 saturated heterocycles. The Labute approximate surface area is 209 Å². The average molecular weight is 478 g/mol. The summed E-state index contributed by atoms with van der Waals surface area (Å²) in [4.78, 5) is 29.5. The van der Waals surface area contributed by atoms with Crippen LogP contribution in [0.2, 0.25) is 0 Å². The highest BCUT2D eigenvalue weighted by atomic mass is 16.2. The maximum Gasteiger partial charge on any atom is 0.342 e. The van der Waals surface area contributed by atoms with Crippen LogP contribution in [0.3, 0.4) is 0 Å². The number of hydrogen-bond acceptors (Lipinski definition) is 4. The first-order valence-corrected chi connectivity index (χ1v) is 12.7. The van der Waals surface area contributed by atoms with Gasteiger partial charge in [-0.05, 0) is 61.4 Å². The SMILES string of the molecule is C=CN(C(=O)N(N)CCC)c1ccc(N2CCC(C(C(=O)NCCC)c3ccccc3)CC2)cc1. The number of piperidine rings is 1. The van der Waals surface area contributed by atoms with Crippen LogP contribution < -0.4 is 21.0 Å². The maximum absolute atomic E-state index is 13.0. The van der Waals surface area contributed by atoms with Crippen LogP contribution in [0.1, 0.15) is 51.0 Å². The van der Waals surface area contributed by atoms with Gasteiger partial charge in [0, 0.05) is 38.1 Å². The number of rotatable bonds is 10. The van der Waals surface area contributed by atoms with Gasteiger partial charge < -0.3 is 10.2 Å². The molecule has 0 bridgehead atoms. The molecule has 7 heteroatoms. The van der Waals surface area contributed by atoms with Crippen molar-refractivity contribution in [2.45, 2.75) is 45.4 Å². The first kappa shape index (κ1) is 26.3. The maximum atomic E-state index is 13.0. The summed E-state index contributed by atoms with van der Waals surface area (Å²) >= 11 is 0. The first-order chi connectivity index (χ1) is 17.0. The number of anilines is 2. The molecule has 1 atom stereocenters. The van der Waals surface area contributed by atoms with Crippen molar-refractivity contribution in [1.29, 1.82) is 0 Å². The molecule has 0 spiro atoms. The Morgan fingerprint density at radius 2 is 1.74 bits per heavy atom. The Kier molecular flexibility index (Phi) is 9.73. The van der Waals surface area contributed by atoms with Gasteiger partial charge in [0.1, 0.15) is 0 Å². The van der Waals surface area contributed by atoms with Gasteiger partial charge in [0.05, 0.1) is 11.6 Å². The molecule has 3 N–H and O–H groups in total. The Bertz CT molecular complexity index is 955. The van der Waals surface area contributed by atoms with Gasteiger partial charge in [0.15, 0.2) is 0 Å². The number of carbonyl (C=O) groups excluding carboxylic acids is 2. The highest BCUT2D eigenvalue weighted by molar-refractivity contribution is 5.93. The number of benzene rings is 2. The Hall–Kier alpha value is -3.32. The highest BCUT2D eigenvalue weighted by Crippen LogP contribution is 2.35. The number of nitrogens with one attached hydrogen (secondary N) is 1. The lowest BCUT2D eigenvalue weighted by Gasteiger charge is -2.37. The molecule has 2 aromatic carbocycles. The molecular formula is C28H39N5O2. The molecule has 188 valence electrons. The number of amides is 3. The molecule has 0 aliphatic carbocycles. The topological polar surface area (TPSA) is 81.9 Å². The second-order valence-electron chi connectivity index (χ2n) is 9.05. The van der Waals surface area contributed by atoms with Crippen molar-refractivity contribution in [3.63, 3.8) is 0 Å². The van der Waals surface area contributed by atoms with Gasteiger partial charge in [-0.3, -0.25) is 14.7 Å². The Balaban J connectivity index is 1.66. The molecular weight excluding hydrogens is 438 g/mol. The second-order valence-corrected chi connectivity index (χ2v) is 9.05. The number of hydrogen-bond donors (Lipinski definition) is 2. The Morgan fingerprint density at radius 1 is 1.09 bits per heavy atom. The van der Waals surface area contributed by atoms with E-state index in [0.717, 1.165) is 55.7 Å². The van der Waals surface area contributed by atoms with Gasteiger partial charge in [0.2, 0.25) is 5.91 Å². The average Bonchev–Trinajstić information content (AvgIpc) is 2.89. The monoisotopic (exact) mass is 477 g/mol. The van der Waals surface area contributed by atoms with Crippen molar-refractivity contribution in [3.8, 4) is 0 Å². The lowest BCUT2D eigenvalue weighted by Crippen LogP contribution is -2.45. The number of hydrazine groups is 1. The van der Waals surface area contributed by atoms with Crippen LogP contribution in [0.15, 0.2) is 67.4 Å². The summed E-state index contributed by atoms with van der Waals surface area (Å²) < 4.78 is 0. The van der Waals surface area contributed by atoms with Crippen LogP contribution in [0, 0.1) is 5.92 Å². The normalized spacial score (nSPS) is 14.8. The standard InChI is InChI=1S/C28H39N5O2/c1-4-18-30-27(34)26(22-10-8-7-9-11-22)23-16-20-31(21-17-23)24-12-14-25(15-13-24)32(6-3)28(35)33(29)19-5-2/h6-15,23,26H,3-5,16-21,29H2,1-2H3,(H,30,34). The smallest absolute Gasteiger partial charge is 0.342 e. The van der Waals surface area contributed by atoms with E-state index in [1.165, 1.54) is 16.1 Å². The molecule has 0 saturated carbocycles. The summed E-state index contributed by atoms with van der Waals surface area (Å²) in [6.07, 6.45) is 5.09. The van der Waals surface area contributed by atoms with E-state index in [1.807, 2.05) is 49.4 Å². The fourth-order valence-corrected chi connectivity index (χ4v) is 4.74. The van der Waals surface area contributed by atoms with E-state index in [4.69, 9.17) is 5.84 Å². The zero-order chi connectivity index (χ0) is 25.2. The number of nitrogens with zero attached hydrogens (tertiary/aromatic N) is 3. The molecule has 35 heavy (non-hydrogen) atoms. The predicted octanol–water partition coefficient (Wildman–Crippen LogP) is 4.87. The van der Waals surface area contributed by atoms with Crippen LogP contribution in [0.4, 0.5) is 16.2 Å². The minimum atomic E-state index is -0.302. The van der Waals surface area contributed by atoms with E-state index in [-0.39, 0.29) is 17.9 Å². The third-order valence-electron chi connectivity index (χ3n) is 6.59. The van der Waals surface area contributed by atoms with E-state index in [0.29, 0.717) is 19.0 Å². The number of urea groups is 1. The zero-order valence-corrected chi connectivity index (χ0v) is 21.0. The molecule has 3 rings (SSSR count). The van der Waals surface area contributed by atoms with Crippen LogP contribution in [0.25, 0.3) is 0 Å². The van der Waals surface area contributed by atoms with Crippen molar-refractivity contribution in [3.05, 3.63) is 72.9 Å². The molecule has 7 nitrogen and oxygen atoms in total. The Morgan fingerprint density at radius 3 is 2.31 bits per heavy atom. The third-order valence-corrected chi connectivity index (χ3v) is 6.59. The van der Waals surface area contributed by atoms with Crippen molar-refractivity contribution in [2.24, 2.45) is 11.8 Å². The minimum Gasteiger partial charge on any atom is -0.372 e. The van der Waals surface area contributed by atoms with E-state index in [1.54, 1.807) is 0 Å². The summed E-state index contributed by atoms with van der Waals surface area (Å²) in [5, 5.41) is 4.32. The molecule has 1 unspecified atom stereocenters. The molecule has 2 aromatic rings.